The van der Waals surface area contributed by atoms with Crippen LogP contribution in [0.4, 0.5) is 0 Å². The van der Waals surface area contributed by atoms with Crippen molar-refractivity contribution in [1.82, 2.24) is 0 Å². The van der Waals surface area contributed by atoms with E-state index in [-0.39, 0.29) is 5.78 Å². The van der Waals surface area contributed by atoms with Crippen LogP contribution in [0.5, 0.6) is 0 Å². The normalized spacial score (nSPS) is 19.6. The highest BCUT2D eigenvalue weighted by molar-refractivity contribution is 5.89. The summed E-state index contributed by atoms with van der Waals surface area (Å²) in [5.74, 6) is 0.226. The van der Waals surface area contributed by atoms with Gasteiger partial charge in [-0.2, -0.15) is 0 Å². The summed E-state index contributed by atoms with van der Waals surface area (Å²) < 4.78 is 5.42. The number of hydrogen-bond donors (Lipinski definition) is 0. The van der Waals surface area contributed by atoms with E-state index in [1.165, 1.54) is 0 Å². The van der Waals surface area contributed by atoms with Crippen molar-refractivity contribution in [3.63, 3.8) is 0 Å². The molecule has 0 aromatic rings. The molecule has 0 heterocycles. The molecule has 0 N–H and O–H groups in total. The van der Waals surface area contributed by atoms with Gasteiger partial charge in [-0.1, -0.05) is 19.1 Å². The molecule has 0 amide bonds. The average Bonchev–Trinajstić information content (AvgIpc) is 2.67. The number of methoxy groups -OCH3 is 1. The van der Waals surface area contributed by atoms with Crippen LogP contribution >= 0.6 is 0 Å². The summed E-state index contributed by atoms with van der Waals surface area (Å²) in [6.07, 6.45) is 5.37. The van der Waals surface area contributed by atoms with E-state index >= 15 is 0 Å². The number of rotatable bonds is 5. The molecule has 0 aromatic carbocycles. The maximum Gasteiger partial charge on any atom is 0.168 e. The molecule has 14 heavy (non-hydrogen) atoms. The van der Waals surface area contributed by atoms with Gasteiger partial charge in [0.15, 0.2) is 5.78 Å². The molecule has 0 bridgehead atoms. The van der Waals surface area contributed by atoms with Gasteiger partial charge in [0.25, 0.3) is 0 Å². The summed E-state index contributed by atoms with van der Waals surface area (Å²) in [5, 5.41) is 0. The van der Waals surface area contributed by atoms with Gasteiger partial charge < -0.3 is 4.74 Å². The third kappa shape index (κ3) is 2.24. The Hall–Kier alpha value is -0.630. The van der Waals surface area contributed by atoms with Gasteiger partial charge in [-0.05, 0) is 32.1 Å². The quantitative estimate of drug-likeness (QED) is 0.632. The zero-order chi connectivity index (χ0) is 10.6. The summed E-state index contributed by atoms with van der Waals surface area (Å²) in [7, 11) is 1.65. The van der Waals surface area contributed by atoms with E-state index in [2.05, 4.69) is 6.58 Å². The van der Waals surface area contributed by atoms with Gasteiger partial charge >= 0.3 is 0 Å². The van der Waals surface area contributed by atoms with E-state index in [9.17, 15) is 4.79 Å². The van der Waals surface area contributed by atoms with Gasteiger partial charge in [-0.15, -0.1) is 0 Å². The van der Waals surface area contributed by atoms with Crippen molar-refractivity contribution in [3.05, 3.63) is 12.2 Å². The fourth-order valence-electron chi connectivity index (χ4n) is 2.06. The lowest BCUT2D eigenvalue weighted by Crippen LogP contribution is -2.37. The van der Waals surface area contributed by atoms with Gasteiger partial charge in [0.05, 0.1) is 0 Å². The van der Waals surface area contributed by atoms with E-state index < -0.39 is 5.60 Å². The second-order valence-corrected chi connectivity index (χ2v) is 4.11. The van der Waals surface area contributed by atoms with Crippen molar-refractivity contribution in [2.75, 3.05) is 7.11 Å². The minimum atomic E-state index is -0.474. The van der Waals surface area contributed by atoms with Crippen LogP contribution in [0, 0.1) is 0 Å². The van der Waals surface area contributed by atoms with Crippen molar-refractivity contribution in [3.8, 4) is 0 Å². The van der Waals surface area contributed by atoms with Gasteiger partial charge in [-0.3, -0.25) is 4.79 Å². The Labute approximate surface area is 86.3 Å². The Bertz CT molecular complexity index is 224. The zero-order valence-electron chi connectivity index (χ0n) is 9.27. The lowest BCUT2D eigenvalue weighted by Gasteiger charge is -2.25. The highest BCUT2D eigenvalue weighted by Crippen LogP contribution is 2.35. The molecule has 0 saturated heterocycles. The Morgan fingerprint density at radius 2 is 2.00 bits per heavy atom. The Morgan fingerprint density at radius 3 is 2.43 bits per heavy atom. The second-order valence-electron chi connectivity index (χ2n) is 4.11. The molecule has 0 radical (unpaired) electrons. The van der Waals surface area contributed by atoms with Gasteiger partial charge in [0, 0.05) is 13.5 Å². The largest absolute Gasteiger partial charge is 0.370 e. The lowest BCUT2D eigenvalue weighted by molar-refractivity contribution is -0.139. The fraction of sp³-hybridized carbons (Fsp3) is 0.750. The molecule has 2 nitrogen and oxygen atoms in total. The summed E-state index contributed by atoms with van der Waals surface area (Å²) in [6, 6.07) is 0. The highest BCUT2D eigenvalue weighted by Gasteiger charge is 2.40. The predicted octanol–water partition coefficient (Wildman–Crippen LogP) is 2.87. The summed E-state index contributed by atoms with van der Waals surface area (Å²) in [6.45, 7) is 5.91. The molecule has 0 aliphatic heterocycles. The number of allylic oxidation sites excluding steroid dienone is 1. The van der Waals surface area contributed by atoms with Crippen LogP contribution in [0.15, 0.2) is 12.2 Å². The van der Waals surface area contributed by atoms with Crippen LogP contribution in [-0.2, 0) is 9.53 Å². The number of ether oxygens (including phenoxy) is 1. The first kappa shape index (κ1) is 11.4. The molecule has 1 fully saturated rings. The Kier molecular flexibility index (Phi) is 3.87. The SMILES string of the molecule is C=C(CC)CC(=O)C1(OC)CCCC1. The van der Waals surface area contributed by atoms with Gasteiger partial charge in [0.1, 0.15) is 5.60 Å². The highest BCUT2D eigenvalue weighted by atomic mass is 16.5. The minimum Gasteiger partial charge on any atom is -0.370 e. The van der Waals surface area contributed by atoms with Crippen LogP contribution in [0.1, 0.15) is 45.4 Å². The summed E-state index contributed by atoms with van der Waals surface area (Å²) >= 11 is 0. The average molecular weight is 196 g/mol. The summed E-state index contributed by atoms with van der Waals surface area (Å²) in [4.78, 5) is 12.0. The molecule has 80 valence electrons. The van der Waals surface area contributed by atoms with Crippen molar-refractivity contribution >= 4 is 5.78 Å². The molecule has 1 aliphatic rings. The molecule has 2 heteroatoms. The molecule has 1 aliphatic carbocycles. The number of carbonyl (C=O) groups is 1. The molecule has 0 aromatic heterocycles. The van der Waals surface area contributed by atoms with Crippen molar-refractivity contribution < 1.29 is 9.53 Å². The molecule has 0 unspecified atom stereocenters. The third-order valence-corrected chi connectivity index (χ3v) is 3.22. The first-order valence-corrected chi connectivity index (χ1v) is 5.39. The van der Waals surface area contributed by atoms with E-state index in [0.717, 1.165) is 37.7 Å². The molecule has 1 saturated carbocycles. The predicted molar refractivity (Wildman–Crippen MR) is 57.3 cm³/mol. The minimum absolute atomic E-state index is 0.226. The molecular formula is C12H20O2. The van der Waals surface area contributed by atoms with Crippen molar-refractivity contribution in [2.24, 2.45) is 0 Å². The van der Waals surface area contributed by atoms with Crippen molar-refractivity contribution in [1.29, 1.82) is 0 Å². The van der Waals surface area contributed by atoms with Gasteiger partial charge in [-0.25, -0.2) is 0 Å². The molecule has 1 rings (SSSR count). The first-order valence-electron chi connectivity index (χ1n) is 5.39. The molecular weight excluding hydrogens is 176 g/mol. The van der Waals surface area contributed by atoms with Crippen LogP contribution in [0.25, 0.3) is 0 Å². The number of carbonyl (C=O) groups excluding carboxylic acids is 1. The van der Waals surface area contributed by atoms with Crippen LogP contribution in [-0.4, -0.2) is 18.5 Å². The van der Waals surface area contributed by atoms with Crippen LogP contribution in [0.2, 0.25) is 0 Å². The van der Waals surface area contributed by atoms with E-state index in [4.69, 9.17) is 4.74 Å². The van der Waals surface area contributed by atoms with Crippen molar-refractivity contribution in [2.45, 2.75) is 51.0 Å². The van der Waals surface area contributed by atoms with E-state index in [1.54, 1.807) is 7.11 Å². The van der Waals surface area contributed by atoms with Crippen LogP contribution in [0.3, 0.4) is 0 Å². The summed E-state index contributed by atoms with van der Waals surface area (Å²) in [5.41, 5.74) is 0.538. The second kappa shape index (κ2) is 4.74. The van der Waals surface area contributed by atoms with E-state index in [0.29, 0.717) is 6.42 Å². The molecule has 0 spiro atoms. The topological polar surface area (TPSA) is 26.3 Å². The third-order valence-electron chi connectivity index (χ3n) is 3.22. The fourth-order valence-corrected chi connectivity index (χ4v) is 2.06. The van der Waals surface area contributed by atoms with E-state index in [1.807, 2.05) is 6.92 Å². The van der Waals surface area contributed by atoms with Gasteiger partial charge in [0.2, 0.25) is 0 Å². The first-order chi connectivity index (χ1) is 6.64. The smallest absolute Gasteiger partial charge is 0.168 e. The number of ketones is 1. The van der Waals surface area contributed by atoms with Crippen LogP contribution < -0.4 is 0 Å². The monoisotopic (exact) mass is 196 g/mol. The number of hydrogen-bond acceptors (Lipinski definition) is 2. The Balaban J connectivity index is 2.60. The maximum absolute atomic E-state index is 12.0. The molecule has 0 atom stereocenters. The standard InChI is InChI=1S/C12H20O2/c1-4-10(2)9-11(13)12(14-3)7-5-6-8-12/h2,4-9H2,1,3H3. The number of Topliss-reactive ketones (excluding diaryl/α,β-unsaturated/α-hetero) is 1. The zero-order valence-corrected chi connectivity index (χ0v) is 9.27. The lowest BCUT2D eigenvalue weighted by atomic mass is 9.91. The maximum atomic E-state index is 12.0. The Morgan fingerprint density at radius 1 is 1.43 bits per heavy atom.